The summed E-state index contributed by atoms with van der Waals surface area (Å²) in [5.41, 5.74) is 2.12. The van der Waals surface area contributed by atoms with Gasteiger partial charge in [-0.3, -0.25) is 10.1 Å². The van der Waals surface area contributed by atoms with E-state index >= 15 is 0 Å². The predicted octanol–water partition coefficient (Wildman–Crippen LogP) is 2.29. The van der Waals surface area contributed by atoms with Crippen molar-refractivity contribution in [3.8, 4) is 0 Å². The van der Waals surface area contributed by atoms with Gasteiger partial charge in [0.25, 0.3) is 0 Å². The third kappa shape index (κ3) is 5.66. The molecule has 1 heterocycles. The molecule has 0 spiro atoms. The van der Waals surface area contributed by atoms with Crippen LogP contribution >= 0.6 is 0 Å². The molecule has 1 aromatic rings. The first-order chi connectivity index (χ1) is 8.99. The lowest BCUT2D eigenvalue weighted by Gasteiger charge is -2.05. The van der Waals surface area contributed by atoms with Crippen molar-refractivity contribution in [2.75, 3.05) is 6.61 Å². The standard InChI is InChI=1S/C11H15N3O5/c1-8(2)5-6-18-11(15)13-12-7-9-3-4-10(19-9)14(16)17/h3-4,7-8H,5-6H2,1-2H3,(H,13,15)/b12-7+. The Morgan fingerprint density at radius 3 is 2.95 bits per heavy atom. The molecule has 0 atom stereocenters. The van der Waals surface area contributed by atoms with E-state index in [4.69, 9.17) is 9.15 Å². The van der Waals surface area contributed by atoms with Crippen LogP contribution in [0.4, 0.5) is 10.7 Å². The van der Waals surface area contributed by atoms with Crippen LogP contribution in [0.3, 0.4) is 0 Å². The molecule has 104 valence electrons. The highest BCUT2D eigenvalue weighted by Crippen LogP contribution is 2.13. The second-order valence-corrected chi connectivity index (χ2v) is 4.12. The molecule has 0 radical (unpaired) electrons. The zero-order chi connectivity index (χ0) is 14.3. The van der Waals surface area contributed by atoms with Crippen molar-refractivity contribution >= 4 is 18.2 Å². The first kappa shape index (κ1) is 14.7. The minimum atomic E-state index is -0.682. The van der Waals surface area contributed by atoms with E-state index in [1.54, 1.807) is 0 Å². The summed E-state index contributed by atoms with van der Waals surface area (Å²) in [6, 6.07) is 2.57. The smallest absolute Gasteiger partial charge is 0.433 e. The molecule has 0 saturated heterocycles. The van der Waals surface area contributed by atoms with Crippen molar-refractivity contribution in [3.05, 3.63) is 28.0 Å². The van der Waals surface area contributed by atoms with Crippen LogP contribution in [0.2, 0.25) is 0 Å². The van der Waals surface area contributed by atoms with Gasteiger partial charge in [0, 0.05) is 0 Å². The molecule has 19 heavy (non-hydrogen) atoms. The van der Waals surface area contributed by atoms with Gasteiger partial charge in [0.15, 0.2) is 5.76 Å². The average molecular weight is 269 g/mol. The monoisotopic (exact) mass is 269 g/mol. The molecule has 0 aliphatic rings. The van der Waals surface area contributed by atoms with Gasteiger partial charge in [0.1, 0.15) is 4.92 Å². The zero-order valence-corrected chi connectivity index (χ0v) is 10.7. The van der Waals surface area contributed by atoms with Gasteiger partial charge in [-0.25, -0.2) is 10.2 Å². The molecule has 1 aromatic heterocycles. The van der Waals surface area contributed by atoms with Gasteiger partial charge < -0.3 is 9.15 Å². The molecule has 1 N–H and O–H groups in total. The number of carbonyl (C=O) groups excluding carboxylic acids is 1. The quantitative estimate of drug-likeness (QED) is 0.484. The maximum absolute atomic E-state index is 11.1. The Morgan fingerprint density at radius 2 is 2.37 bits per heavy atom. The summed E-state index contributed by atoms with van der Waals surface area (Å²) < 4.78 is 9.63. The molecular formula is C11H15N3O5. The summed E-state index contributed by atoms with van der Waals surface area (Å²) in [5.74, 6) is 0.218. The van der Waals surface area contributed by atoms with E-state index in [9.17, 15) is 14.9 Å². The van der Waals surface area contributed by atoms with Crippen LogP contribution in [0.15, 0.2) is 21.7 Å². The number of carbonyl (C=O) groups is 1. The van der Waals surface area contributed by atoms with E-state index in [0.29, 0.717) is 12.5 Å². The minimum absolute atomic E-state index is 0.161. The van der Waals surface area contributed by atoms with Gasteiger partial charge in [-0.15, -0.1) is 0 Å². The van der Waals surface area contributed by atoms with Crippen LogP contribution in [0.5, 0.6) is 0 Å². The first-order valence-electron chi connectivity index (χ1n) is 5.69. The molecular weight excluding hydrogens is 254 g/mol. The number of hydrogen-bond donors (Lipinski definition) is 1. The molecule has 1 amide bonds. The number of rotatable bonds is 6. The summed E-state index contributed by atoms with van der Waals surface area (Å²) in [6.45, 7) is 4.34. The van der Waals surface area contributed by atoms with Gasteiger partial charge in [-0.05, 0) is 18.4 Å². The summed E-state index contributed by atoms with van der Waals surface area (Å²) in [7, 11) is 0. The number of nitrogens with one attached hydrogen (secondary N) is 1. The number of ether oxygens (including phenoxy) is 1. The minimum Gasteiger partial charge on any atom is -0.448 e. The fraction of sp³-hybridized carbons (Fsp3) is 0.455. The van der Waals surface area contributed by atoms with Gasteiger partial charge in [-0.2, -0.15) is 5.10 Å². The molecule has 8 nitrogen and oxygen atoms in total. The Kier molecular flexibility index (Phi) is 5.52. The zero-order valence-electron chi connectivity index (χ0n) is 10.7. The summed E-state index contributed by atoms with van der Waals surface area (Å²) in [4.78, 5) is 20.8. The molecule has 0 unspecified atom stereocenters. The van der Waals surface area contributed by atoms with Crippen molar-refractivity contribution in [2.45, 2.75) is 20.3 Å². The average Bonchev–Trinajstić information content (AvgIpc) is 2.77. The van der Waals surface area contributed by atoms with E-state index in [1.165, 1.54) is 12.1 Å². The van der Waals surface area contributed by atoms with Crippen molar-refractivity contribution in [1.29, 1.82) is 0 Å². The molecule has 1 rings (SSSR count). The Balaban J connectivity index is 2.32. The number of furan rings is 1. The van der Waals surface area contributed by atoms with Gasteiger partial charge in [-0.1, -0.05) is 13.8 Å². The maximum Gasteiger partial charge on any atom is 0.433 e. The van der Waals surface area contributed by atoms with Crippen molar-refractivity contribution < 1.29 is 18.9 Å². The Morgan fingerprint density at radius 1 is 1.63 bits per heavy atom. The fourth-order valence-electron chi connectivity index (χ4n) is 1.08. The SMILES string of the molecule is CC(C)CCOC(=O)N/N=C/c1ccc([N+](=O)[O-])o1. The molecule has 0 aliphatic heterocycles. The van der Waals surface area contributed by atoms with Gasteiger partial charge in [0.05, 0.1) is 18.9 Å². The van der Waals surface area contributed by atoms with Crippen LogP contribution in [0.1, 0.15) is 26.0 Å². The first-order valence-corrected chi connectivity index (χ1v) is 5.69. The van der Waals surface area contributed by atoms with Crippen LogP contribution in [-0.2, 0) is 4.74 Å². The number of hydrogen-bond acceptors (Lipinski definition) is 6. The normalized spacial score (nSPS) is 10.9. The van der Waals surface area contributed by atoms with Gasteiger partial charge in [0.2, 0.25) is 0 Å². The highest BCUT2D eigenvalue weighted by molar-refractivity contribution is 5.78. The van der Waals surface area contributed by atoms with Crippen molar-refractivity contribution in [1.82, 2.24) is 5.43 Å². The van der Waals surface area contributed by atoms with E-state index in [-0.39, 0.29) is 11.6 Å². The van der Waals surface area contributed by atoms with Gasteiger partial charge >= 0.3 is 12.0 Å². The number of nitrogens with zero attached hydrogens (tertiary/aromatic N) is 2. The molecule has 8 heteroatoms. The second kappa shape index (κ2) is 7.14. The Hall–Kier alpha value is -2.38. The number of nitro groups is 1. The molecule has 0 bridgehead atoms. The largest absolute Gasteiger partial charge is 0.448 e. The molecule has 0 fully saturated rings. The Labute approximate surface area is 109 Å². The lowest BCUT2D eigenvalue weighted by Crippen LogP contribution is -2.19. The summed E-state index contributed by atoms with van der Waals surface area (Å²) >= 11 is 0. The van der Waals surface area contributed by atoms with Crippen LogP contribution in [0, 0.1) is 16.0 Å². The van der Waals surface area contributed by atoms with Crippen molar-refractivity contribution in [2.24, 2.45) is 11.0 Å². The number of amides is 1. The second-order valence-electron chi connectivity index (χ2n) is 4.12. The molecule has 0 aliphatic carbocycles. The summed E-state index contributed by atoms with van der Waals surface area (Å²) in [6.07, 6.45) is 1.23. The number of hydrazone groups is 1. The van der Waals surface area contributed by atoms with Crippen LogP contribution in [-0.4, -0.2) is 23.8 Å². The molecule has 0 aromatic carbocycles. The Bertz CT molecular complexity index is 467. The highest BCUT2D eigenvalue weighted by Gasteiger charge is 2.10. The summed E-state index contributed by atoms with van der Waals surface area (Å²) in [5, 5.41) is 13.9. The highest BCUT2D eigenvalue weighted by atomic mass is 16.6. The van der Waals surface area contributed by atoms with E-state index in [0.717, 1.165) is 12.6 Å². The third-order valence-electron chi connectivity index (χ3n) is 2.07. The maximum atomic E-state index is 11.1. The predicted molar refractivity (Wildman–Crippen MR) is 66.9 cm³/mol. The van der Waals surface area contributed by atoms with E-state index in [1.807, 2.05) is 13.8 Å². The van der Waals surface area contributed by atoms with Crippen molar-refractivity contribution in [3.63, 3.8) is 0 Å². The molecule has 0 saturated carbocycles. The fourth-order valence-corrected chi connectivity index (χ4v) is 1.08. The van der Waals surface area contributed by atoms with Crippen LogP contribution in [0.25, 0.3) is 0 Å². The topological polar surface area (TPSA) is 107 Å². The van der Waals surface area contributed by atoms with Crippen LogP contribution < -0.4 is 5.43 Å². The lowest BCUT2D eigenvalue weighted by atomic mass is 10.1. The lowest BCUT2D eigenvalue weighted by molar-refractivity contribution is -0.402. The third-order valence-corrected chi connectivity index (χ3v) is 2.07. The van der Waals surface area contributed by atoms with E-state index in [2.05, 4.69) is 10.5 Å². The van der Waals surface area contributed by atoms with E-state index < -0.39 is 11.0 Å².